The molecule has 3 aromatic rings. The summed E-state index contributed by atoms with van der Waals surface area (Å²) in [5.41, 5.74) is 5.54. The lowest BCUT2D eigenvalue weighted by molar-refractivity contribution is 0.0944. The van der Waals surface area contributed by atoms with E-state index in [4.69, 9.17) is 4.52 Å². The van der Waals surface area contributed by atoms with Crippen molar-refractivity contribution in [2.45, 2.75) is 40.7 Å². The molecule has 6 heteroatoms. The molecule has 2 aromatic heterocycles. The van der Waals surface area contributed by atoms with Gasteiger partial charge in [0.05, 0.1) is 12.2 Å². The number of hydrogen-bond donors (Lipinski definition) is 1. The summed E-state index contributed by atoms with van der Waals surface area (Å²) < 4.78 is 7.13. The molecule has 0 bridgehead atoms. The van der Waals surface area contributed by atoms with Crippen LogP contribution in [-0.2, 0) is 13.0 Å². The van der Waals surface area contributed by atoms with Gasteiger partial charge < -0.3 is 9.84 Å². The Morgan fingerprint density at radius 3 is 2.65 bits per heavy atom. The molecule has 26 heavy (non-hydrogen) atoms. The molecule has 3 rings (SSSR count). The van der Waals surface area contributed by atoms with E-state index < -0.39 is 0 Å². The van der Waals surface area contributed by atoms with Gasteiger partial charge in [0.15, 0.2) is 5.69 Å². The first-order valence-electron chi connectivity index (χ1n) is 8.74. The average Bonchev–Trinajstić information content (AvgIpc) is 3.12. The average molecular weight is 352 g/mol. The molecule has 1 aromatic carbocycles. The molecule has 0 saturated carbocycles. The lowest BCUT2D eigenvalue weighted by atomic mass is 10.1. The molecule has 0 radical (unpaired) electrons. The van der Waals surface area contributed by atoms with Crippen LogP contribution in [-0.4, -0.2) is 27.4 Å². The third kappa shape index (κ3) is 3.85. The molecule has 0 saturated heterocycles. The fourth-order valence-corrected chi connectivity index (χ4v) is 3.03. The van der Waals surface area contributed by atoms with Gasteiger partial charge in [-0.15, -0.1) is 0 Å². The lowest BCUT2D eigenvalue weighted by Gasteiger charge is -2.08. The van der Waals surface area contributed by atoms with E-state index in [1.165, 1.54) is 11.1 Å². The number of aromatic nitrogens is 3. The van der Waals surface area contributed by atoms with Gasteiger partial charge in [-0.25, -0.2) is 0 Å². The first kappa shape index (κ1) is 17.9. The summed E-state index contributed by atoms with van der Waals surface area (Å²) in [4.78, 5) is 12.6. The van der Waals surface area contributed by atoms with E-state index >= 15 is 0 Å². The topological polar surface area (TPSA) is 73.0 Å². The summed E-state index contributed by atoms with van der Waals surface area (Å²) in [6.45, 7) is 8.85. The normalized spacial score (nSPS) is 10.9. The second kappa shape index (κ2) is 7.56. The van der Waals surface area contributed by atoms with Crippen molar-refractivity contribution in [3.8, 4) is 0 Å². The Morgan fingerprint density at radius 1 is 1.19 bits per heavy atom. The number of rotatable bonds is 6. The van der Waals surface area contributed by atoms with Gasteiger partial charge in [0, 0.05) is 17.8 Å². The zero-order valence-corrected chi connectivity index (χ0v) is 15.7. The Bertz CT molecular complexity index is 924. The molecule has 0 atom stereocenters. The molecule has 2 heterocycles. The van der Waals surface area contributed by atoms with Crippen LogP contribution in [0, 0.1) is 27.7 Å². The number of hydrogen-bond acceptors (Lipinski definition) is 4. The van der Waals surface area contributed by atoms with Crippen LogP contribution >= 0.6 is 0 Å². The molecule has 0 unspecified atom stereocenters. The number of carbonyl (C=O) groups is 1. The van der Waals surface area contributed by atoms with Gasteiger partial charge in [0.2, 0.25) is 0 Å². The van der Waals surface area contributed by atoms with Crippen LogP contribution in [0.2, 0.25) is 0 Å². The van der Waals surface area contributed by atoms with E-state index in [0.717, 1.165) is 23.4 Å². The van der Waals surface area contributed by atoms with Gasteiger partial charge in [-0.3, -0.25) is 9.48 Å². The minimum absolute atomic E-state index is 0.216. The summed E-state index contributed by atoms with van der Waals surface area (Å²) in [5.74, 6) is 0.425. The summed E-state index contributed by atoms with van der Waals surface area (Å²) in [6.07, 6.45) is 0.780. The molecule has 1 amide bonds. The van der Waals surface area contributed by atoms with Crippen molar-refractivity contribution in [2.24, 2.45) is 0 Å². The highest BCUT2D eigenvalue weighted by Gasteiger charge is 2.20. The molecule has 0 aliphatic rings. The van der Waals surface area contributed by atoms with Crippen LogP contribution in [0.15, 0.2) is 34.9 Å². The van der Waals surface area contributed by atoms with E-state index in [-0.39, 0.29) is 5.91 Å². The van der Waals surface area contributed by atoms with Crippen molar-refractivity contribution in [3.63, 3.8) is 0 Å². The highest BCUT2D eigenvalue weighted by molar-refractivity contribution is 5.93. The predicted octanol–water partition coefficient (Wildman–Crippen LogP) is 3.13. The van der Waals surface area contributed by atoms with Crippen LogP contribution in [0.3, 0.4) is 0 Å². The standard InChI is InChI=1S/C20H24N4O2/c1-13-7-5-6-8-17(13)9-10-21-20(25)19-18(16(4)26-23-19)12-24-15(3)11-14(2)22-24/h5-8,11H,9-10,12H2,1-4H3,(H,21,25). The number of benzene rings is 1. The van der Waals surface area contributed by atoms with Gasteiger partial charge in [0.1, 0.15) is 5.76 Å². The summed E-state index contributed by atoms with van der Waals surface area (Å²) in [6, 6.07) is 10.2. The van der Waals surface area contributed by atoms with Crippen LogP contribution in [0.4, 0.5) is 0 Å². The summed E-state index contributed by atoms with van der Waals surface area (Å²) in [5, 5.41) is 11.4. The number of nitrogens with one attached hydrogen (secondary N) is 1. The monoisotopic (exact) mass is 352 g/mol. The molecule has 0 aliphatic heterocycles. The Morgan fingerprint density at radius 2 is 1.96 bits per heavy atom. The summed E-state index contributed by atoms with van der Waals surface area (Å²) >= 11 is 0. The van der Waals surface area contributed by atoms with Gasteiger partial charge >= 0.3 is 0 Å². The van der Waals surface area contributed by atoms with Crippen molar-refractivity contribution < 1.29 is 9.32 Å². The van der Waals surface area contributed by atoms with Gasteiger partial charge in [-0.05, 0) is 51.3 Å². The number of carbonyl (C=O) groups excluding carboxylic acids is 1. The first-order chi connectivity index (χ1) is 12.5. The van der Waals surface area contributed by atoms with Crippen molar-refractivity contribution in [3.05, 3.63) is 69.9 Å². The highest BCUT2D eigenvalue weighted by atomic mass is 16.5. The van der Waals surface area contributed by atoms with Crippen molar-refractivity contribution >= 4 is 5.91 Å². The van der Waals surface area contributed by atoms with Crippen LogP contribution in [0.5, 0.6) is 0 Å². The van der Waals surface area contributed by atoms with Gasteiger partial charge in [0.25, 0.3) is 5.91 Å². The maximum absolute atomic E-state index is 12.6. The smallest absolute Gasteiger partial charge is 0.273 e. The molecule has 0 fully saturated rings. The second-order valence-corrected chi connectivity index (χ2v) is 6.58. The van der Waals surface area contributed by atoms with Crippen LogP contribution in [0.1, 0.15) is 44.3 Å². The van der Waals surface area contributed by atoms with Crippen LogP contribution in [0.25, 0.3) is 0 Å². The van der Waals surface area contributed by atoms with E-state index in [0.29, 0.717) is 24.5 Å². The first-order valence-corrected chi connectivity index (χ1v) is 8.74. The quantitative estimate of drug-likeness (QED) is 0.740. The lowest BCUT2D eigenvalue weighted by Crippen LogP contribution is -2.27. The molecule has 136 valence electrons. The van der Waals surface area contributed by atoms with Crippen LogP contribution < -0.4 is 5.32 Å². The maximum Gasteiger partial charge on any atom is 0.273 e. The predicted molar refractivity (Wildman–Crippen MR) is 99.3 cm³/mol. The van der Waals surface area contributed by atoms with Crippen molar-refractivity contribution in [1.29, 1.82) is 0 Å². The molecule has 0 aliphatic carbocycles. The molecule has 6 nitrogen and oxygen atoms in total. The van der Waals surface area contributed by atoms with E-state index in [1.54, 1.807) is 0 Å². The third-order valence-corrected chi connectivity index (χ3v) is 4.55. The Kier molecular flexibility index (Phi) is 5.21. The molecular formula is C20H24N4O2. The number of nitrogens with zero attached hydrogens (tertiary/aromatic N) is 3. The maximum atomic E-state index is 12.6. The number of amides is 1. The fraction of sp³-hybridized carbons (Fsp3) is 0.350. The molecular weight excluding hydrogens is 328 g/mol. The molecule has 0 spiro atoms. The van der Waals surface area contributed by atoms with Crippen molar-refractivity contribution in [1.82, 2.24) is 20.3 Å². The van der Waals surface area contributed by atoms with E-state index in [2.05, 4.69) is 34.6 Å². The van der Waals surface area contributed by atoms with Gasteiger partial charge in [-0.2, -0.15) is 5.10 Å². The minimum atomic E-state index is -0.216. The van der Waals surface area contributed by atoms with Gasteiger partial charge in [-0.1, -0.05) is 29.4 Å². The minimum Gasteiger partial charge on any atom is -0.361 e. The SMILES string of the molecule is Cc1cc(C)n(Cc2c(C(=O)NCCc3ccccc3C)noc2C)n1. The zero-order valence-electron chi connectivity index (χ0n) is 15.7. The fourth-order valence-electron chi connectivity index (χ4n) is 3.03. The Balaban J connectivity index is 1.68. The highest BCUT2D eigenvalue weighted by Crippen LogP contribution is 2.16. The van der Waals surface area contributed by atoms with Crippen molar-refractivity contribution in [2.75, 3.05) is 6.54 Å². The summed E-state index contributed by atoms with van der Waals surface area (Å²) in [7, 11) is 0. The van der Waals surface area contributed by atoms with E-state index in [1.807, 2.05) is 43.7 Å². The molecule has 1 N–H and O–H groups in total. The third-order valence-electron chi connectivity index (χ3n) is 4.55. The van der Waals surface area contributed by atoms with E-state index in [9.17, 15) is 4.79 Å². The Labute approximate surface area is 153 Å². The Hall–Kier alpha value is -2.89. The zero-order chi connectivity index (χ0) is 18.7. The largest absolute Gasteiger partial charge is 0.361 e. The second-order valence-electron chi connectivity index (χ2n) is 6.58. The number of aryl methyl sites for hydroxylation is 4.